The second-order valence-corrected chi connectivity index (χ2v) is 23.9. The van der Waals surface area contributed by atoms with Gasteiger partial charge >= 0.3 is 31.5 Å². The quantitative estimate of drug-likeness (QED) is 0.0393. The SMILES string of the molecule is CCOCC.CCOCC.Cc1ccc(NC(=O)N2CC[C@@H](CC(F)(F)F)C2)cc1-c1cc(N)nc(N[C@H]2CCOC2)c1.Cc1ccc(NC(=O)N2CC[C@@H](CC(F)(F)F)C2)cc1B1OC(C)(C)C(C)(C)O1.Nc1cc(I)cc(N[C@H]2CCOC2)n1.S. The molecule has 5 aliphatic rings. The highest BCUT2D eigenvalue weighted by molar-refractivity contribution is 14.1. The van der Waals surface area contributed by atoms with E-state index in [0.29, 0.717) is 74.0 Å². The summed E-state index contributed by atoms with van der Waals surface area (Å²) in [7, 11) is -0.556. The molecule has 4 atom stereocenters. The lowest BCUT2D eigenvalue weighted by Crippen LogP contribution is -2.41. The first-order valence-corrected chi connectivity index (χ1v) is 30.5. The molecule has 9 rings (SSSR count). The summed E-state index contributed by atoms with van der Waals surface area (Å²) in [5.74, 6) is 1.32. The Balaban J connectivity index is 0.000000271. The second kappa shape index (κ2) is 34.8. The van der Waals surface area contributed by atoms with Gasteiger partial charge in [-0.1, -0.05) is 17.7 Å². The standard InChI is InChI=1S/C23H28F3N5O2.C20H28BF3N2O3.C9H12IN3O.2C4H10O.H2S/c1-14-2-3-17(29-22(32)31-6-4-15(12-31)11-23(24,25)26)10-19(14)16-8-20(27)30-21(9-16)28-18-5-7-33-13-18;1-13-6-7-15(10-16(13)21-28-18(2,3)19(4,5)29-21)25-17(27)26-9-8-14(12-26)11-20(22,23)24;10-6-3-8(11)13-9(4-6)12-7-1-2-14-5-7;2*1-3-5-4-2;/h2-3,8-10,15,18H,4-7,11-13H2,1H3,(H,29,32)(H3,27,28,30);6-7,10,14H,8-9,11-12H2,1-5H3,(H,25,27);3-4,7H,1-2,5H2,(H3,11,12,13);2*3-4H2,1-2H3;1H2/t15-,18-;14-;7-;;;/m000.../s1. The minimum absolute atomic E-state index is 0. The van der Waals surface area contributed by atoms with Crippen LogP contribution in [0.5, 0.6) is 0 Å². The Morgan fingerprint density at radius 2 is 1.09 bits per heavy atom. The number of carbonyl (C=O) groups is 2. The number of alkyl halides is 6. The van der Waals surface area contributed by atoms with Crippen molar-refractivity contribution in [2.24, 2.45) is 11.8 Å². The summed E-state index contributed by atoms with van der Waals surface area (Å²) in [5.41, 5.74) is 16.4. The average Bonchev–Trinajstić information content (AvgIpc) is 1.80. The van der Waals surface area contributed by atoms with E-state index >= 15 is 0 Å². The fraction of sp³-hybridized carbons (Fsp3) is 0.600. The largest absolute Gasteiger partial charge is 0.495 e. The fourth-order valence-electron chi connectivity index (χ4n) is 9.88. The Labute approximate surface area is 530 Å². The lowest BCUT2D eigenvalue weighted by Gasteiger charge is -2.32. The van der Waals surface area contributed by atoms with Crippen LogP contribution < -0.4 is 38.2 Å². The molecule has 4 aromatic rings. The van der Waals surface area contributed by atoms with Crippen molar-refractivity contribution in [1.29, 1.82) is 0 Å². The number of pyridine rings is 2. The third kappa shape index (κ3) is 25.0. The normalized spacial score (nSPS) is 20.1. The number of nitrogens with two attached hydrogens (primary N) is 2. The van der Waals surface area contributed by atoms with E-state index in [2.05, 4.69) is 53.8 Å². The van der Waals surface area contributed by atoms with Gasteiger partial charge in [-0.2, -0.15) is 39.8 Å². The highest BCUT2D eigenvalue weighted by atomic mass is 127. The molecule has 8 N–H and O–H groups in total. The number of likely N-dealkylation sites (tertiary alicyclic amines) is 2. The summed E-state index contributed by atoms with van der Waals surface area (Å²) in [5, 5.41) is 12.3. The van der Waals surface area contributed by atoms with Crippen molar-refractivity contribution >= 4 is 95.4 Å². The topological polar surface area (TPSA) is 222 Å². The highest BCUT2D eigenvalue weighted by Crippen LogP contribution is 2.38. The first-order valence-electron chi connectivity index (χ1n) is 29.4. The number of hydrogen-bond donors (Lipinski definition) is 6. The molecule has 0 aliphatic carbocycles. The molecule has 5 aliphatic heterocycles. The van der Waals surface area contributed by atoms with Gasteiger partial charge in [0.2, 0.25) is 0 Å². The molecule has 0 spiro atoms. The van der Waals surface area contributed by atoms with E-state index in [-0.39, 0.29) is 32.6 Å². The number of benzene rings is 2. The molecule has 87 heavy (non-hydrogen) atoms. The van der Waals surface area contributed by atoms with Crippen molar-refractivity contribution in [2.75, 3.05) is 112 Å². The number of halogens is 7. The first kappa shape index (κ1) is 74.4. The van der Waals surface area contributed by atoms with Gasteiger partial charge in [0.15, 0.2) is 0 Å². The van der Waals surface area contributed by atoms with E-state index < -0.39 is 67.4 Å². The molecule has 18 nitrogen and oxygen atoms in total. The molecule has 486 valence electrons. The van der Waals surface area contributed by atoms with Gasteiger partial charge < -0.3 is 70.8 Å². The molecule has 0 unspecified atom stereocenters. The number of urea groups is 2. The van der Waals surface area contributed by atoms with Gasteiger partial charge in [0, 0.05) is 93.6 Å². The monoisotopic (exact) mass is 1360 g/mol. The number of aryl methyl sites for hydroxylation is 2. The minimum atomic E-state index is -4.21. The van der Waals surface area contributed by atoms with Crippen LogP contribution in [0.2, 0.25) is 0 Å². The van der Waals surface area contributed by atoms with Crippen LogP contribution in [0.3, 0.4) is 0 Å². The smallest absolute Gasteiger partial charge is 0.399 e. The third-order valence-electron chi connectivity index (χ3n) is 15.1. The maximum Gasteiger partial charge on any atom is 0.495 e. The molecule has 7 heterocycles. The van der Waals surface area contributed by atoms with Crippen molar-refractivity contribution < 1.29 is 64.2 Å². The van der Waals surface area contributed by atoms with Gasteiger partial charge in [0.05, 0.1) is 36.5 Å². The summed E-state index contributed by atoms with van der Waals surface area (Å²) in [4.78, 5) is 36.6. The number of hydrogen-bond acceptors (Lipinski definition) is 14. The van der Waals surface area contributed by atoms with Gasteiger partial charge in [-0.3, -0.25) is 0 Å². The zero-order valence-electron chi connectivity index (χ0n) is 51.7. The van der Waals surface area contributed by atoms with Crippen LogP contribution in [-0.2, 0) is 28.3 Å². The number of anilines is 6. The zero-order chi connectivity index (χ0) is 63.4. The fourth-order valence-corrected chi connectivity index (χ4v) is 10.5. The molecule has 0 saturated carbocycles. The molecular weight excluding hydrogens is 1270 g/mol. The summed E-state index contributed by atoms with van der Waals surface area (Å²) in [6, 6.07) is 18.2. The zero-order valence-corrected chi connectivity index (χ0v) is 54.9. The van der Waals surface area contributed by atoms with Crippen LogP contribution >= 0.6 is 36.1 Å². The summed E-state index contributed by atoms with van der Waals surface area (Å²) in [6.07, 6.45) is -7.49. The van der Waals surface area contributed by atoms with Crippen molar-refractivity contribution in [2.45, 2.75) is 143 Å². The molecule has 5 saturated heterocycles. The molecular formula is C60H90BF6IN10O8S. The molecule has 27 heteroatoms. The Morgan fingerprint density at radius 1 is 0.655 bits per heavy atom. The lowest BCUT2D eigenvalue weighted by atomic mass is 9.76. The number of rotatable bonds is 14. The summed E-state index contributed by atoms with van der Waals surface area (Å²) in [6.45, 7) is 26.9. The van der Waals surface area contributed by atoms with Crippen LogP contribution in [0.4, 0.5) is 70.6 Å². The van der Waals surface area contributed by atoms with Gasteiger partial charge in [-0.05, 0) is 200 Å². The van der Waals surface area contributed by atoms with Crippen LogP contribution in [0.15, 0.2) is 60.7 Å². The number of nitrogens with zero attached hydrogens (tertiary/aromatic N) is 4. The van der Waals surface area contributed by atoms with E-state index in [1.165, 1.54) is 9.80 Å². The number of amides is 4. The van der Waals surface area contributed by atoms with E-state index in [1.54, 1.807) is 24.3 Å². The third-order valence-corrected chi connectivity index (χ3v) is 15.7. The van der Waals surface area contributed by atoms with Crippen molar-refractivity contribution in [3.63, 3.8) is 0 Å². The van der Waals surface area contributed by atoms with Gasteiger partial charge in [-0.15, -0.1) is 0 Å². The maximum absolute atomic E-state index is 12.7. The molecule has 2 aromatic carbocycles. The van der Waals surface area contributed by atoms with Crippen molar-refractivity contribution in [1.82, 2.24) is 19.8 Å². The predicted octanol–water partition coefficient (Wildman–Crippen LogP) is 12.4. The lowest BCUT2D eigenvalue weighted by molar-refractivity contribution is -0.144. The summed E-state index contributed by atoms with van der Waals surface area (Å²) >= 11 is 2.23. The van der Waals surface area contributed by atoms with Crippen LogP contribution in [-0.4, -0.2) is 154 Å². The Bertz CT molecular complexity index is 2740. The second-order valence-electron chi connectivity index (χ2n) is 22.6. The van der Waals surface area contributed by atoms with Gasteiger partial charge in [-0.25, -0.2) is 19.6 Å². The van der Waals surface area contributed by atoms with Crippen LogP contribution in [0.25, 0.3) is 11.1 Å². The van der Waals surface area contributed by atoms with E-state index in [1.807, 2.05) is 106 Å². The Morgan fingerprint density at radius 3 is 1.51 bits per heavy atom. The molecule has 0 radical (unpaired) electrons. The van der Waals surface area contributed by atoms with E-state index in [4.69, 9.17) is 39.7 Å². The average molecular weight is 1360 g/mol. The molecule has 2 aromatic heterocycles. The molecule has 4 amide bonds. The summed E-state index contributed by atoms with van der Waals surface area (Å²) < 4.78 is 109. The highest BCUT2D eigenvalue weighted by Gasteiger charge is 2.52. The first-order chi connectivity index (χ1) is 40.5. The van der Waals surface area contributed by atoms with E-state index in [9.17, 15) is 35.9 Å². The molecule has 0 bridgehead atoms. The number of ether oxygens (including phenoxy) is 4. The number of aromatic nitrogens is 2. The van der Waals surface area contributed by atoms with Crippen molar-refractivity contribution in [3.8, 4) is 11.1 Å². The Kier molecular flexibility index (Phi) is 29.8. The number of nitrogen functional groups attached to an aromatic ring is 2. The number of carbonyl (C=O) groups excluding carboxylic acids is 2. The Hall–Kier alpha value is -5.04. The van der Waals surface area contributed by atoms with Crippen LogP contribution in [0.1, 0.15) is 105 Å². The minimum Gasteiger partial charge on any atom is -0.399 e. The molecule has 5 fully saturated rings. The maximum atomic E-state index is 12.7. The van der Waals surface area contributed by atoms with Gasteiger partial charge in [0.25, 0.3) is 0 Å². The van der Waals surface area contributed by atoms with Gasteiger partial charge in [0.1, 0.15) is 23.3 Å². The van der Waals surface area contributed by atoms with Crippen LogP contribution in [0, 0.1) is 29.3 Å². The number of nitrogens with one attached hydrogen (secondary N) is 4. The van der Waals surface area contributed by atoms with Crippen molar-refractivity contribution in [3.05, 3.63) is 75.4 Å². The predicted molar refractivity (Wildman–Crippen MR) is 346 cm³/mol. The van der Waals surface area contributed by atoms with E-state index in [0.717, 1.165) is 89.6 Å².